The first-order chi connectivity index (χ1) is 19.0. The van der Waals surface area contributed by atoms with Crippen molar-refractivity contribution in [1.82, 2.24) is 15.1 Å². The summed E-state index contributed by atoms with van der Waals surface area (Å²) in [6, 6.07) is 12.3. The second-order valence-corrected chi connectivity index (χ2v) is 11.8. The molecule has 1 aliphatic heterocycles. The number of aromatic nitrogens is 2. The van der Waals surface area contributed by atoms with Crippen LogP contribution in [0.5, 0.6) is 0 Å². The van der Waals surface area contributed by atoms with Crippen molar-refractivity contribution in [2.45, 2.75) is 62.9 Å². The molecule has 1 N–H and O–H groups in total. The number of benzene rings is 2. The third kappa shape index (κ3) is 3.65. The van der Waals surface area contributed by atoms with E-state index in [0.29, 0.717) is 24.7 Å². The zero-order valence-corrected chi connectivity index (χ0v) is 22.5. The van der Waals surface area contributed by atoms with Gasteiger partial charge in [-0.25, -0.2) is 4.68 Å². The normalized spacial score (nSPS) is 24.1. The first-order valence-corrected chi connectivity index (χ1v) is 14.0. The molecule has 3 aromatic rings. The summed E-state index contributed by atoms with van der Waals surface area (Å²) in [4.78, 5) is 26.5. The zero-order chi connectivity index (χ0) is 26.8. The predicted molar refractivity (Wildman–Crippen MR) is 146 cm³/mol. The van der Waals surface area contributed by atoms with Crippen LogP contribution in [0.1, 0.15) is 78.4 Å². The average Bonchev–Trinajstić information content (AvgIpc) is 3.65. The van der Waals surface area contributed by atoms with E-state index >= 15 is 0 Å². The Bertz CT molecular complexity index is 1530. The number of rotatable bonds is 6. The summed E-state index contributed by atoms with van der Waals surface area (Å²) in [5, 5.41) is 8.96. The topological polar surface area (TPSA) is 82.5 Å². The first-order valence-electron chi connectivity index (χ1n) is 14.0. The van der Waals surface area contributed by atoms with Gasteiger partial charge in [-0.15, -0.1) is 5.92 Å². The largest absolute Gasteiger partial charge is 0.469 e. The van der Waals surface area contributed by atoms with Crippen molar-refractivity contribution in [3.63, 3.8) is 0 Å². The Labute approximate surface area is 228 Å². The van der Waals surface area contributed by atoms with Crippen molar-refractivity contribution in [3.8, 4) is 11.8 Å². The molecule has 7 nitrogen and oxygen atoms in total. The van der Waals surface area contributed by atoms with Crippen molar-refractivity contribution in [1.29, 1.82) is 0 Å². The van der Waals surface area contributed by atoms with E-state index in [4.69, 9.17) is 14.6 Å². The number of hydrogen-bond donors (Lipinski definition) is 1. The molecule has 3 saturated carbocycles. The molecular formula is C32H33N3O4. The van der Waals surface area contributed by atoms with Crippen LogP contribution in [0, 0.1) is 23.2 Å². The second kappa shape index (κ2) is 8.96. The van der Waals surface area contributed by atoms with Crippen LogP contribution in [-0.4, -0.2) is 48.0 Å². The smallest absolute Gasteiger partial charge is 0.310 e. The molecule has 3 aliphatic carbocycles. The van der Waals surface area contributed by atoms with Crippen LogP contribution in [0.2, 0.25) is 0 Å². The van der Waals surface area contributed by atoms with E-state index in [1.54, 1.807) is 6.92 Å². The SMILES string of the molecule is CC#Cc1ccc(C(=O)NC2C(C(=O)OC)CC23CCC3)c2c1cnn2C1(c2ccc(C3CC3)cc2)COC1. The number of esters is 1. The minimum absolute atomic E-state index is 0.00778. The Morgan fingerprint density at radius 3 is 2.49 bits per heavy atom. The summed E-state index contributed by atoms with van der Waals surface area (Å²) < 4.78 is 12.8. The van der Waals surface area contributed by atoms with Gasteiger partial charge in [-0.1, -0.05) is 36.6 Å². The quantitative estimate of drug-likeness (QED) is 0.380. The van der Waals surface area contributed by atoms with Crippen LogP contribution in [0.25, 0.3) is 10.9 Å². The summed E-state index contributed by atoms with van der Waals surface area (Å²) in [6.45, 7) is 2.77. The van der Waals surface area contributed by atoms with Gasteiger partial charge in [0.1, 0.15) is 5.54 Å². The van der Waals surface area contributed by atoms with Crippen molar-refractivity contribution in [2.75, 3.05) is 20.3 Å². The van der Waals surface area contributed by atoms with E-state index in [1.165, 1.54) is 25.5 Å². The summed E-state index contributed by atoms with van der Waals surface area (Å²) in [6.07, 6.45) is 8.30. The molecule has 39 heavy (non-hydrogen) atoms. The van der Waals surface area contributed by atoms with Gasteiger partial charge in [-0.3, -0.25) is 9.59 Å². The number of nitrogens with one attached hydrogen (secondary N) is 1. The lowest BCUT2D eigenvalue weighted by molar-refractivity contribution is -0.163. The molecule has 4 fully saturated rings. The van der Waals surface area contributed by atoms with Crippen molar-refractivity contribution in [2.24, 2.45) is 11.3 Å². The maximum Gasteiger partial charge on any atom is 0.310 e. The summed E-state index contributed by atoms with van der Waals surface area (Å²) in [5.74, 6) is 6.11. The fourth-order valence-electron chi connectivity index (χ4n) is 7.02. The molecule has 0 radical (unpaired) electrons. The average molecular weight is 524 g/mol. The number of nitrogens with zero attached hydrogens (tertiary/aromatic N) is 2. The van der Waals surface area contributed by atoms with Gasteiger partial charge in [0.25, 0.3) is 5.91 Å². The van der Waals surface area contributed by atoms with Crippen molar-refractivity contribution in [3.05, 3.63) is 64.8 Å². The number of carbonyl (C=O) groups is 2. The lowest BCUT2D eigenvalue weighted by Gasteiger charge is -2.59. The van der Waals surface area contributed by atoms with Gasteiger partial charge in [0, 0.05) is 17.0 Å². The lowest BCUT2D eigenvalue weighted by Crippen LogP contribution is -2.66. The minimum atomic E-state index is -0.503. The molecule has 1 aromatic heterocycles. The molecule has 1 amide bonds. The van der Waals surface area contributed by atoms with Gasteiger partial charge in [-0.2, -0.15) is 5.10 Å². The highest BCUT2D eigenvalue weighted by atomic mass is 16.5. The number of fused-ring (bicyclic) bond motifs is 1. The van der Waals surface area contributed by atoms with Crippen LogP contribution in [-0.2, 0) is 19.8 Å². The van der Waals surface area contributed by atoms with Crippen LogP contribution >= 0.6 is 0 Å². The predicted octanol–water partition coefficient (Wildman–Crippen LogP) is 4.52. The Morgan fingerprint density at radius 2 is 1.90 bits per heavy atom. The first kappa shape index (κ1) is 24.4. The highest BCUT2D eigenvalue weighted by Crippen LogP contribution is 2.59. The molecule has 200 valence electrons. The van der Waals surface area contributed by atoms with E-state index in [0.717, 1.165) is 47.7 Å². The maximum atomic E-state index is 14.0. The molecule has 1 saturated heterocycles. The van der Waals surface area contributed by atoms with E-state index in [2.05, 4.69) is 41.4 Å². The maximum absolute atomic E-state index is 14.0. The second-order valence-electron chi connectivity index (χ2n) is 11.8. The number of hydrogen-bond acceptors (Lipinski definition) is 5. The number of ether oxygens (including phenoxy) is 2. The van der Waals surface area contributed by atoms with E-state index in [-0.39, 0.29) is 29.3 Å². The number of carbonyl (C=O) groups excluding carboxylic acids is 2. The zero-order valence-electron chi connectivity index (χ0n) is 22.5. The molecule has 2 atom stereocenters. The van der Waals surface area contributed by atoms with E-state index < -0.39 is 5.54 Å². The highest BCUT2D eigenvalue weighted by Gasteiger charge is 2.60. The summed E-state index contributed by atoms with van der Waals surface area (Å²) in [5.41, 5.74) is 4.13. The van der Waals surface area contributed by atoms with Crippen LogP contribution in [0.3, 0.4) is 0 Å². The molecule has 2 aromatic carbocycles. The van der Waals surface area contributed by atoms with Gasteiger partial charge in [0.2, 0.25) is 0 Å². The Morgan fingerprint density at radius 1 is 1.13 bits per heavy atom. The van der Waals surface area contributed by atoms with Crippen molar-refractivity contribution < 1.29 is 19.1 Å². The van der Waals surface area contributed by atoms with E-state index in [9.17, 15) is 9.59 Å². The molecule has 2 heterocycles. The minimum Gasteiger partial charge on any atom is -0.469 e. The number of amides is 1. The molecule has 4 aliphatic rings. The van der Waals surface area contributed by atoms with Crippen LogP contribution in [0.15, 0.2) is 42.6 Å². The Kier molecular flexibility index (Phi) is 5.61. The van der Waals surface area contributed by atoms with Crippen LogP contribution < -0.4 is 5.32 Å². The van der Waals surface area contributed by atoms with Crippen LogP contribution in [0.4, 0.5) is 0 Å². The summed E-state index contributed by atoms with van der Waals surface area (Å²) in [7, 11) is 1.42. The Balaban J connectivity index is 1.30. The number of methoxy groups -OCH3 is 1. The molecule has 7 heteroatoms. The third-order valence-corrected chi connectivity index (χ3v) is 9.65. The van der Waals surface area contributed by atoms with Gasteiger partial charge in [0.05, 0.1) is 43.5 Å². The standard InChI is InChI=1S/C32H33N3O4/c1-3-5-22-10-13-24(29(36)34-28-25(30(37)38-2)16-31(28)14-4-15-31)27-26(22)17-33-35(27)32(18-39-19-32)23-11-8-21(9-12-23)20-6-7-20/h8-13,17,20,25,28H,4,6-7,14-16,18-19H2,1-2H3,(H,34,36). The molecule has 2 unspecified atom stereocenters. The third-order valence-electron chi connectivity index (χ3n) is 9.65. The molecule has 0 bridgehead atoms. The van der Waals surface area contributed by atoms with Gasteiger partial charge in [-0.05, 0) is 73.6 Å². The monoisotopic (exact) mass is 523 g/mol. The van der Waals surface area contributed by atoms with Gasteiger partial charge in [0.15, 0.2) is 0 Å². The highest BCUT2D eigenvalue weighted by molar-refractivity contribution is 6.07. The van der Waals surface area contributed by atoms with Gasteiger partial charge >= 0.3 is 5.97 Å². The molecular weight excluding hydrogens is 490 g/mol. The molecule has 1 spiro atoms. The fourth-order valence-corrected chi connectivity index (χ4v) is 7.02. The Hall–Kier alpha value is -3.63. The summed E-state index contributed by atoms with van der Waals surface area (Å²) >= 11 is 0. The van der Waals surface area contributed by atoms with E-state index in [1.807, 2.05) is 23.0 Å². The lowest BCUT2D eigenvalue weighted by atomic mass is 9.48. The fraction of sp³-hybridized carbons (Fsp3) is 0.469. The van der Waals surface area contributed by atoms with Gasteiger partial charge < -0.3 is 14.8 Å². The molecule has 7 rings (SSSR count). The van der Waals surface area contributed by atoms with Crippen molar-refractivity contribution >= 4 is 22.8 Å².